The molecular weight excluding hydrogens is 502 g/mol. The number of aromatic nitrogens is 1. The minimum Gasteiger partial charge on any atom is -0.490 e. The predicted octanol–water partition coefficient (Wildman–Crippen LogP) is 2.49. The molecule has 1 fully saturated rings. The van der Waals surface area contributed by atoms with E-state index in [4.69, 9.17) is 4.74 Å². The number of ether oxygens (including phenoxy) is 1. The number of likely N-dealkylation sites (N-methyl/N-ethyl adjacent to an activating group) is 2. The van der Waals surface area contributed by atoms with Crippen LogP contribution in [0.4, 0.5) is 5.69 Å². The third-order valence-electron chi connectivity index (χ3n) is 7.65. The first-order chi connectivity index (χ1) is 18.2. The van der Waals surface area contributed by atoms with E-state index < -0.39 is 10.0 Å². The fourth-order valence-electron chi connectivity index (χ4n) is 5.21. The summed E-state index contributed by atoms with van der Waals surface area (Å²) in [5, 5.41) is 0.889. The van der Waals surface area contributed by atoms with Gasteiger partial charge in [0.25, 0.3) is 5.56 Å². The number of fused-ring (bicyclic) bond motifs is 2. The van der Waals surface area contributed by atoms with E-state index in [2.05, 4.69) is 26.7 Å². The molecule has 0 aliphatic carbocycles. The lowest BCUT2D eigenvalue weighted by Crippen LogP contribution is -2.45. The van der Waals surface area contributed by atoms with Crippen LogP contribution in [0.5, 0.6) is 5.75 Å². The molecule has 2 aliphatic heterocycles. The molecule has 5 rings (SSSR count). The van der Waals surface area contributed by atoms with Crippen molar-refractivity contribution in [1.29, 1.82) is 0 Å². The van der Waals surface area contributed by atoms with E-state index in [9.17, 15) is 13.2 Å². The van der Waals surface area contributed by atoms with Crippen LogP contribution in [0.2, 0.25) is 0 Å². The number of benzene rings is 2. The second-order valence-corrected chi connectivity index (χ2v) is 12.3. The van der Waals surface area contributed by atoms with Gasteiger partial charge in [0, 0.05) is 57.9 Å². The SMILES string of the molecule is Cc1cccc2cc(CN(CCCN3CCN(C)CC3)S(=O)(=O)c3ccc4c(c3)OCCN4C)c(=O)[nH]c12. The van der Waals surface area contributed by atoms with Crippen molar-refractivity contribution in [2.24, 2.45) is 0 Å². The Bertz CT molecular complexity index is 1460. The molecule has 0 bridgehead atoms. The number of pyridine rings is 1. The van der Waals surface area contributed by atoms with Gasteiger partial charge < -0.3 is 24.4 Å². The summed E-state index contributed by atoms with van der Waals surface area (Å²) in [6.45, 7) is 8.31. The van der Waals surface area contributed by atoms with Gasteiger partial charge in [-0.05, 0) is 56.1 Å². The first-order valence-corrected chi connectivity index (χ1v) is 14.7. The van der Waals surface area contributed by atoms with Gasteiger partial charge in [-0.25, -0.2) is 8.42 Å². The third kappa shape index (κ3) is 5.58. The molecule has 0 amide bonds. The van der Waals surface area contributed by atoms with Gasteiger partial charge in [0.2, 0.25) is 10.0 Å². The Kier molecular flexibility index (Phi) is 7.76. The Morgan fingerprint density at radius 2 is 1.82 bits per heavy atom. The van der Waals surface area contributed by atoms with Gasteiger partial charge in [-0.3, -0.25) is 4.79 Å². The zero-order valence-corrected chi connectivity index (χ0v) is 23.3. The molecule has 0 saturated carbocycles. The topological polar surface area (TPSA) is 89.2 Å². The second-order valence-electron chi connectivity index (χ2n) is 10.4. The van der Waals surface area contributed by atoms with E-state index >= 15 is 0 Å². The number of para-hydroxylation sites is 1. The molecule has 204 valence electrons. The lowest BCUT2D eigenvalue weighted by atomic mass is 10.1. The first kappa shape index (κ1) is 26.7. The predicted molar refractivity (Wildman–Crippen MR) is 151 cm³/mol. The lowest BCUT2D eigenvalue weighted by Gasteiger charge is -2.33. The molecule has 1 aromatic heterocycles. The number of anilines is 1. The van der Waals surface area contributed by atoms with E-state index in [0.29, 0.717) is 30.9 Å². The molecule has 1 saturated heterocycles. The molecule has 10 heteroatoms. The molecule has 0 atom stereocenters. The van der Waals surface area contributed by atoms with Crippen molar-refractivity contribution >= 4 is 26.6 Å². The van der Waals surface area contributed by atoms with Crippen LogP contribution < -0.4 is 15.2 Å². The Labute approximate surface area is 224 Å². The summed E-state index contributed by atoms with van der Waals surface area (Å²) < 4.78 is 35.2. The van der Waals surface area contributed by atoms with Gasteiger partial charge in [0.05, 0.1) is 22.6 Å². The normalized spacial score (nSPS) is 17.1. The maximum atomic E-state index is 14.0. The lowest BCUT2D eigenvalue weighted by molar-refractivity contribution is 0.150. The smallest absolute Gasteiger partial charge is 0.252 e. The molecule has 0 unspecified atom stereocenters. The Morgan fingerprint density at radius 1 is 1.03 bits per heavy atom. The number of sulfonamides is 1. The standard InChI is InChI=1S/C28H37N5O4S/c1-21-6-4-7-22-18-23(28(34)29-27(21)22)20-33(11-5-10-32-14-12-30(2)13-15-32)38(35,36)24-8-9-25-26(19-24)37-17-16-31(25)3/h4,6-9,18-19H,5,10-17,20H2,1-3H3,(H,29,34). The molecular formula is C28H37N5O4S. The van der Waals surface area contributed by atoms with Crippen LogP contribution in [0.15, 0.2) is 52.2 Å². The molecule has 3 aromatic rings. The average Bonchev–Trinajstić information content (AvgIpc) is 2.90. The summed E-state index contributed by atoms with van der Waals surface area (Å²) in [4.78, 5) is 22.9. The first-order valence-electron chi connectivity index (χ1n) is 13.2. The van der Waals surface area contributed by atoms with Crippen molar-refractivity contribution in [3.8, 4) is 5.75 Å². The summed E-state index contributed by atoms with van der Waals surface area (Å²) in [7, 11) is 0.201. The minimum absolute atomic E-state index is 0.00211. The van der Waals surface area contributed by atoms with Crippen molar-refractivity contribution in [1.82, 2.24) is 19.1 Å². The van der Waals surface area contributed by atoms with Crippen LogP contribution in [0, 0.1) is 6.92 Å². The number of nitrogens with one attached hydrogen (secondary N) is 1. The second kappa shape index (κ2) is 11.1. The van der Waals surface area contributed by atoms with Gasteiger partial charge in [0.15, 0.2) is 0 Å². The van der Waals surface area contributed by atoms with Crippen molar-refractivity contribution in [3.63, 3.8) is 0 Å². The maximum absolute atomic E-state index is 14.0. The highest BCUT2D eigenvalue weighted by molar-refractivity contribution is 7.89. The van der Waals surface area contributed by atoms with Crippen molar-refractivity contribution in [3.05, 3.63) is 63.9 Å². The van der Waals surface area contributed by atoms with E-state index in [1.165, 1.54) is 4.31 Å². The zero-order chi connectivity index (χ0) is 26.9. The number of aryl methyl sites for hydroxylation is 1. The fourth-order valence-corrected chi connectivity index (χ4v) is 6.68. The number of aromatic amines is 1. The minimum atomic E-state index is -3.88. The monoisotopic (exact) mass is 539 g/mol. The number of rotatable bonds is 8. The molecule has 0 radical (unpaired) electrons. The van der Waals surface area contributed by atoms with Gasteiger partial charge in [0.1, 0.15) is 12.4 Å². The molecule has 9 nitrogen and oxygen atoms in total. The summed E-state index contributed by atoms with van der Waals surface area (Å²) in [5.74, 6) is 0.566. The summed E-state index contributed by atoms with van der Waals surface area (Å²) in [6, 6.07) is 12.7. The molecule has 2 aromatic carbocycles. The highest BCUT2D eigenvalue weighted by atomic mass is 32.2. The van der Waals surface area contributed by atoms with Crippen molar-refractivity contribution in [2.75, 3.05) is 71.4 Å². The zero-order valence-electron chi connectivity index (χ0n) is 22.4. The van der Waals surface area contributed by atoms with Crippen LogP contribution in [0.25, 0.3) is 10.9 Å². The van der Waals surface area contributed by atoms with Crippen LogP contribution >= 0.6 is 0 Å². The largest absolute Gasteiger partial charge is 0.490 e. The van der Waals surface area contributed by atoms with Crippen LogP contribution in [-0.4, -0.2) is 94.0 Å². The number of nitrogens with zero attached hydrogens (tertiary/aromatic N) is 4. The molecule has 3 heterocycles. The third-order valence-corrected chi connectivity index (χ3v) is 9.50. The average molecular weight is 540 g/mol. The van der Waals surface area contributed by atoms with Crippen LogP contribution in [0.3, 0.4) is 0 Å². The summed E-state index contributed by atoms with van der Waals surface area (Å²) >= 11 is 0. The van der Waals surface area contributed by atoms with Crippen molar-refractivity contribution < 1.29 is 13.2 Å². The van der Waals surface area contributed by atoms with E-state index in [1.807, 2.05) is 38.2 Å². The Hall–Kier alpha value is -2.92. The van der Waals surface area contributed by atoms with Gasteiger partial charge in [-0.2, -0.15) is 4.31 Å². The Balaban J connectivity index is 1.43. The van der Waals surface area contributed by atoms with E-state index in [1.54, 1.807) is 18.2 Å². The van der Waals surface area contributed by atoms with Gasteiger partial charge in [-0.15, -0.1) is 0 Å². The maximum Gasteiger partial charge on any atom is 0.252 e. The molecule has 0 spiro atoms. The quantitative estimate of drug-likeness (QED) is 0.471. The van der Waals surface area contributed by atoms with Crippen molar-refractivity contribution in [2.45, 2.75) is 24.8 Å². The van der Waals surface area contributed by atoms with Crippen LogP contribution in [-0.2, 0) is 16.6 Å². The highest BCUT2D eigenvalue weighted by Crippen LogP contribution is 2.34. The van der Waals surface area contributed by atoms with Crippen LogP contribution in [0.1, 0.15) is 17.5 Å². The number of H-pyrrole nitrogens is 1. The molecule has 38 heavy (non-hydrogen) atoms. The molecule has 2 aliphatic rings. The molecule has 1 N–H and O–H groups in total. The van der Waals surface area contributed by atoms with E-state index in [-0.39, 0.29) is 17.0 Å². The highest BCUT2D eigenvalue weighted by Gasteiger charge is 2.28. The summed E-state index contributed by atoms with van der Waals surface area (Å²) in [6.07, 6.45) is 0.678. The van der Waals surface area contributed by atoms with Gasteiger partial charge in [-0.1, -0.05) is 18.2 Å². The number of hydrogen-bond donors (Lipinski definition) is 1. The fraction of sp³-hybridized carbons (Fsp3) is 0.464. The number of piperazine rings is 1. The number of hydrogen-bond acceptors (Lipinski definition) is 7. The Morgan fingerprint density at radius 3 is 2.61 bits per heavy atom. The van der Waals surface area contributed by atoms with E-state index in [0.717, 1.165) is 61.4 Å². The summed E-state index contributed by atoms with van der Waals surface area (Å²) in [5.41, 5.74) is 2.79. The van der Waals surface area contributed by atoms with Gasteiger partial charge >= 0.3 is 0 Å².